The van der Waals surface area contributed by atoms with Gasteiger partial charge in [-0.25, -0.2) is 0 Å². The normalized spacial score (nSPS) is 18.9. The van der Waals surface area contributed by atoms with Gasteiger partial charge in [-0.3, -0.25) is 0 Å². The first kappa shape index (κ1) is 9.42. The van der Waals surface area contributed by atoms with Crippen LogP contribution >= 0.6 is 0 Å². The smallest absolute Gasteiger partial charge is 0.266 e. The van der Waals surface area contributed by atoms with Gasteiger partial charge in [-0.2, -0.15) is 4.98 Å². The number of aliphatic hydroxyl groups excluding tert-OH is 1. The molecule has 1 aromatic heterocycles. The summed E-state index contributed by atoms with van der Waals surface area (Å²) in [6.07, 6.45) is 2.33. The summed E-state index contributed by atoms with van der Waals surface area (Å²) in [6.45, 7) is 1.75. The van der Waals surface area contributed by atoms with E-state index >= 15 is 0 Å². The predicted octanol–water partition coefficient (Wildman–Crippen LogP) is -0.338. The molecule has 78 valence electrons. The van der Waals surface area contributed by atoms with E-state index in [1.807, 2.05) is 0 Å². The van der Waals surface area contributed by atoms with E-state index in [0.29, 0.717) is 11.8 Å². The molecule has 1 atom stereocenters. The second-order valence-corrected chi connectivity index (χ2v) is 3.42. The second kappa shape index (κ2) is 3.93. The Kier molecular flexibility index (Phi) is 2.64. The highest BCUT2D eigenvalue weighted by molar-refractivity contribution is 5.29. The Morgan fingerprint density at radius 3 is 2.86 bits per heavy atom. The molecule has 1 saturated heterocycles. The van der Waals surface area contributed by atoms with E-state index in [2.05, 4.69) is 15.0 Å². The van der Waals surface area contributed by atoms with Gasteiger partial charge in [-0.15, -0.1) is 0 Å². The van der Waals surface area contributed by atoms with Crippen LogP contribution in [0.2, 0.25) is 0 Å². The van der Waals surface area contributed by atoms with E-state index in [9.17, 15) is 0 Å². The predicted molar refractivity (Wildman–Crippen MR) is 49.8 cm³/mol. The van der Waals surface area contributed by atoms with Crippen LogP contribution in [0.1, 0.15) is 24.8 Å². The largest absolute Gasteiger partial charge is 0.394 e. The molecular formula is C8H14N4O2. The average Bonchev–Trinajstić information content (AvgIpc) is 2.86. The first-order chi connectivity index (χ1) is 6.81. The number of aliphatic hydroxyl groups is 1. The van der Waals surface area contributed by atoms with Crippen LogP contribution in [0.5, 0.6) is 0 Å². The molecule has 2 heterocycles. The van der Waals surface area contributed by atoms with Crippen molar-refractivity contribution in [3.8, 4) is 0 Å². The summed E-state index contributed by atoms with van der Waals surface area (Å²) in [6, 6.07) is -0.571. The first-order valence-corrected chi connectivity index (χ1v) is 4.76. The van der Waals surface area contributed by atoms with Crippen molar-refractivity contribution in [3.63, 3.8) is 0 Å². The Labute approximate surface area is 81.7 Å². The minimum atomic E-state index is -0.571. The van der Waals surface area contributed by atoms with E-state index in [4.69, 9.17) is 15.4 Å². The molecule has 1 unspecified atom stereocenters. The second-order valence-electron chi connectivity index (χ2n) is 3.42. The SMILES string of the molecule is NC(CO)c1nc(N2CCCC2)no1. The van der Waals surface area contributed by atoms with Crippen LogP contribution in [0.25, 0.3) is 0 Å². The lowest BCUT2D eigenvalue weighted by atomic mass is 10.3. The topological polar surface area (TPSA) is 88.4 Å². The van der Waals surface area contributed by atoms with E-state index in [-0.39, 0.29) is 6.61 Å². The van der Waals surface area contributed by atoms with Crippen LogP contribution in [-0.4, -0.2) is 34.9 Å². The molecule has 0 saturated carbocycles. The van der Waals surface area contributed by atoms with Gasteiger partial charge in [0.05, 0.1) is 6.61 Å². The Morgan fingerprint density at radius 1 is 1.50 bits per heavy atom. The molecule has 1 aromatic rings. The molecule has 14 heavy (non-hydrogen) atoms. The van der Waals surface area contributed by atoms with Crippen molar-refractivity contribution in [2.45, 2.75) is 18.9 Å². The molecule has 3 N–H and O–H groups in total. The van der Waals surface area contributed by atoms with E-state index < -0.39 is 6.04 Å². The molecule has 6 heteroatoms. The highest BCUT2D eigenvalue weighted by Gasteiger charge is 2.20. The minimum Gasteiger partial charge on any atom is -0.394 e. The molecule has 0 aliphatic carbocycles. The van der Waals surface area contributed by atoms with Crippen LogP contribution in [0.15, 0.2) is 4.52 Å². The maximum atomic E-state index is 8.80. The van der Waals surface area contributed by atoms with Gasteiger partial charge in [0, 0.05) is 13.1 Å². The molecule has 1 aliphatic heterocycles. The summed E-state index contributed by atoms with van der Waals surface area (Å²) >= 11 is 0. The Morgan fingerprint density at radius 2 is 2.21 bits per heavy atom. The minimum absolute atomic E-state index is 0.179. The van der Waals surface area contributed by atoms with Crippen molar-refractivity contribution in [2.24, 2.45) is 5.73 Å². The van der Waals surface area contributed by atoms with Gasteiger partial charge in [0.1, 0.15) is 6.04 Å². The Hall–Kier alpha value is -1.14. The van der Waals surface area contributed by atoms with Gasteiger partial charge >= 0.3 is 0 Å². The third-order valence-corrected chi connectivity index (χ3v) is 2.33. The maximum Gasteiger partial charge on any atom is 0.266 e. The van der Waals surface area contributed by atoms with Crippen LogP contribution in [0, 0.1) is 0 Å². The number of hydrogen-bond donors (Lipinski definition) is 2. The maximum absolute atomic E-state index is 8.80. The standard InChI is InChI=1S/C8H14N4O2/c9-6(5-13)7-10-8(11-14-7)12-3-1-2-4-12/h6,13H,1-5,9H2. The van der Waals surface area contributed by atoms with Crippen molar-refractivity contribution in [1.82, 2.24) is 10.1 Å². The lowest BCUT2D eigenvalue weighted by Crippen LogP contribution is -2.19. The fraction of sp³-hybridized carbons (Fsp3) is 0.750. The molecule has 0 bridgehead atoms. The van der Waals surface area contributed by atoms with Crippen molar-refractivity contribution in [1.29, 1.82) is 0 Å². The third kappa shape index (κ3) is 1.71. The molecule has 6 nitrogen and oxygen atoms in total. The number of nitrogens with two attached hydrogens (primary N) is 1. The van der Waals surface area contributed by atoms with E-state index in [0.717, 1.165) is 25.9 Å². The number of aromatic nitrogens is 2. The lowest BCUT2D eigenvalue weighted by molar-refractivity contribution is 0.237. The van der Waals surface area contributed by atoms with E-state index in [1.165, 1.54) is 0 Å². The van der Waals surface area contributed by atoms with Gasteiger partial charge < -0.3 is 20.3 Å². The number of nitrogens with zero attached hydrogens (tertiary/aromatic N) is 3. The molecule has 0 radical (unpaired) electrons. The van der Waals surface area contributed by atoms with Crippen molar-refractivity contribution >= 4 is 5.95 Å². The number of hydrogen-bond acceptors (Lipinski definition) is 6. The lowest BCUT2D eigenvalue weighted by Gasteiger charge is -2.09. The third-order valence-electron chi connectivity index (χ3n) is 2.33. The molecule has 1 fully saturated rings. The van der Waals surface area contributed by atoms with Crippen LogP contribution < -0.4 is 10.6 Å². The summed E-state index contributed by atoms with van der Waals surface area (Å²) in [4.78, 5) is 6.18. The van der Waals surface area contributed by atoms with Crippen molar-refractivity contribution in [3.05, 3.63) is 5.89 Å². The summed E-state index contributed by atoms with van der Waals surface area (Å²) in [5.41, 5.74) is 5.54. The fourth-order valence-corrected chi connectivity index (χ4v) is 1.50. The Bertz CT molecular complexity index is 295. The molecule has 2 rings (SSSR count). The molecule has 0 spiro atoms. The van der Waals surface area contributed by atoms with Gasteiger partial charge in [-0.05, 0) is 18.0 Å². The first-order valence-electron chi connectivity index (χ1n) is 4.76. The van der Waals surface area contributed by atoms with Gasteiger partial charge in [0.2, 0.25) is 5.89 Å². The summed E-state index contributed by atoms with van der Waals surface area (Å²) in [5, 5.41) is 12.6. The van der Waals surface area contributed by atoms with Crippen LogP contribution in [0.3, 0.4) is 0 Å². The van der Waals surface area contributed by atoms with Gasteiger partial charge in [0.25, 0.3) is 5.95 Å². The van der Waals surface area contributed by atoms with Crippen molar-refractivity contribution < 1.29 is 9.63 Å². The highest BCUT2D eigenvalue weighted by atomic mass is 16.5. The van der Waals surface area contributed by atoms with Crippen molar-refractivity contribution in [2.75, 3.05) is 24.6 Å². The number of anilines is 1. The fourth-order valence-electron chi connectivity index (χ4n) is 1.50. The zero-order chi connectivity index (χ0) is 9.97. The molecule has 0 amide bonds. The highest BCUT2D eigenvalue weighted by Crippen LogP contribution is 2.17. The zero-order valence-electron chi connectivity index (χ0n) is 7.89. The molecule has 1 aliphatic rings. The zero-order valence-corrected chi connectivity index (χ0v) is 7.89. The van der Waals surface area contributed by atoms with Gasteiger partial charge in [-0.1, -0.05) is 0 Å². The summed E-state index contributed by atoms with van der Waals surface area (Å²) < 4.78 is 4.94. The van der Waals surface area contributed by atoms with Crippen LogP contribution in [-0.2, 0) is 0 Å². The van der Waals surface area contributed by atoms with E-state index in [1.54, 1.807) is 0 Å². The quantitative estimate of drug-likeness (QED) is 0.691. The number of rotatable bonds is 3. The monoisotopic (exact) mass is 198 g/mol. The van der Waals surface area contributed by atoms with Crippen LogP contribution in [0.4, 0.5) is 5.95 Å². The van der Waals surface area contributed by atoms with Gasteiger partial charge in [0.15, 0.2) is 0 Å². The average molecular weight is 198 g/mol. The molecule has 0 aromatic carbocycles. The molecular weight excluding hydrogens is 184 g/mol. The summed E-state index contributed by atoms with van der Waals surface area (Å²) in [5.74, 6) is 0.885. The Balaban J connectivity index is 2.08. The summed E-state index contributed by atoms with van der Waals surface area (Å²) in [7, 11) is 0.